The first-order valence-electron chi connectivity index (χ1n) is 14.0. The highest BCUT2D eigenvalue weighted by atomic mass is 16.6. The number of rotatable bonds is 13. The fourth-order valence-electron chi connectivity index (χ4n) is 4.59. The highest BCUT2D eigenvalue weighted by Crippen LogP contribution is 2.22. The summed E-state index contributed by atoms with van der Waals surface area (Å²) in [5.74, 6) is 0.584. The minimum absolute atomic E-state index is 0.112. The van der Waals surface area contributed by atoms with E-state index in [1.165, 1.54) is 61.8 Å². The van der Waals surface area contributed by atoms with Crippen LogP contribution in [0.5, 0.6) is 0 Å². The Balaban J connectivity index is 1.42. The summed E-state index contributed by atoms with van der Waals surface area (Å²) in [6.07, 6.45) is 12.5. The van der Waals surface area contributed by atoms with Crippen LogP contribution < -0.4 is 5.32 Å². The standard InChI is InChI=1S/C29H44N4O4/c1-5-6-7-8-9-10-11-12-14-22-16-18-23(19-17-22)26-31-25(37-32-26)21-30-27(34)24-15-13-20-33(24)28(35)36-29(2,3)4/h16-19,24H,5-15,20-21H2,1-4H3,(H,30,34)/t24-/m0/s1. The lowest BCUT2D eigenvalue weighted by Gasteiger charge is -2.27. The fraction of sp³-hybridized carbons (Fsp3) is 0.655. The number of amides is 2. The smallest absolute Gasteiger partial charge is 0.410 e. The first-order valence-corrected chi connectivity index (χ1v) is 14.0. The lowest BCUT2D eigenvalue weighted by molar-refractivity contribution is -0.125. The average Bonchev–Trinajstić information content (AvgIpc) is 3.54. The molecule has 0 radical (unpaired) electrons. The quantitative estimate of drug-likeness (QED) is 0.310. The van der Waals surface area contributed by atoms with Gasteiger partial charge in [0.25, 0.3) is 0 Å². The second kappa shape index (κ2) is 14.1. The third-order valence-electron chi connectivity index (χ3n) is 6.60. The fourth-order valence-corrected chi connectivity index (χ4v) is 4.59. The summed E-state index contributed by atoms with van der Waals surface area (Å²) in [6.45, 7) is 8.31. The van der Waals surface area contributed by atoms with Gasteiger partial charge in [0.2, 0.25) is 17.6 Å². The Labute approximate surface area is 221 Å². The van der Waals surface area contributed by atoms with Crippen LogP contribution in [0.4, 0.5) is 4.79 Å². The molecule has 1 N–H and O–H groups in total. The maximum Gasteiger partial charge on any atom is 0.410 e. The average molecular weight is 513 g/mol. The third-order valence-corrected chi connectivity index (χ3v) is 6.60. The molecule has 8 heteroatoms. The number of benzene rings is 1. The van der Waals surface area contributed by atoms with Crippen molar-refractivity contribution in [3.8, 4) is 11.4 Å². The molecule has 1 aromatic carbocycles. The molecule has 1 aromatic heterocycles. The summed E-state index contributed by atoms with van der Waals surface area (Å²) < 4.78 is 10.8. The topological polar surface area (TPSA) is 97.6 Å². The molecule has 2 aromatic rings. The van der Waals surface area contributed by atoms with Gasteiger partial charge in [-0.15, -0.1) is 0 Å². The van der Waals surface area contributed by atoms with Crippen molar-refractivity contribution < 1.29 is 18.8 Å². The second-order valence-electron chi connectivity index (χ2n) is 11.0. The summed E-state index contributed by atoms with van der Waals surface area (Å²) in [6, 6.07) is 7.74. The molecule has 1 fully saturated rings. The van der Waals surface area contributed by atoms with Crippen LogP contribution in [0.2, 0.25) is 0 Å². The number of aromatic nitrogens is 2. The van der Waals surface area contributed by atoms with E-state index in [-0.39, 0.29) is 12.5 Å². The predicted molar refractivity (Wildman–Crippen MR) is 144 cm³/mol. The van der Waals surface area contributed by atoms with Gasteiger partial charge in [0.05, 0.1) is 6.54 Å². The second-order valence-corrected chi connectivity index (χ2v) is 11.0. The highest BCUT2D eigenvalue weighted by molar-refractivity contribution is 5.86. The predicted octanol–water partition coefficient (Wildman–Crippen LogP) is 6.44. The van der Waals surface area contributed by atoms with E-state index in [9.17, 15) is 9.59 Å². The van der Waals surface area contributed by atoms with Gasteiger partial charge in [-0.2, -0.15) is 4.98 Å². The summed E-state index contributed by atoms with van der Waals surface area (Å²) in [7, 11) is 0. The normalized spacial score (nSPS) is 15.7. The van der Waals surface area contributed by atoms with Crippen LogP contribution in [0, 0.1) is 0 Å². The number of aryl methyl sites for hydroxylation is 1. The number of ether oxygens (including phenoxy) is 1. The van der Waals surface area contributed by atoms with Crippen LogP contribution in [0.3, 0.4) is 0 Å². The SMILES string of the molecule is CCCCCCCCCCc1ccc(-c2noc(CNC(=O)[C@@H]3CCCN3C(=O)OC(C)(C)C)n2)cc1. The van der Waals surface area contributed by atoms with E-state index in [0.717, 1.165) is 18.4 Å². The van der Waals surface area contributed by atoms with Crippen molar-refractivity contribution in [3.05, 3.63) is 35.7 Å². The molecule has 2 heterocycles. The van der Waals surface area contributed by atoms with Crippen molar-refractivity contribution in [2.45, 2.75) is 117 Å². The number of hydrogen-bond acceptors (Lipinski definition) is 6. The number of nitrogens with zero attached hydrogens (tertiary/aromatic N) is 3. The molecule has 204 valence electrons. The minimum atomic E-state index is -0.605. The van der Waals surface area contributed by atoms with Gasteiger partial charge in [0.1, 0.15) is 11.6 Å². The van der Waals surface area contributed by atoms with E-state index >= 15 is 0 Å². The molecule has 0 bridgehead atoms. The zero-order valence-electron chi connectivity index (χ0n) is 23.1. The van der Waals surface area contributed by atoms with Crippen LogP contribution in [0.1, 0.15) is 103 Å². The zero-order chi connectivity index (χ0) is 26.7. The number of carbonyl (C=O) groups is 2. The maximum atomic E-state index is 12.7. The van der Waals surface area contributed by atoms with Gasteiger partial charge in [-0.3, -0.25) is 9.69 Å². The number of carbonyl (C=O) groups excluding carboxylic acids is 2. The van der Waals surface area contributed by atoms with Crippen molar-refractivity contribution in [1.82, 2.24) is 20.4 Å². The van der Waals surface area contributed by atoms with Crippen LogP contribution in [-0.2, 0) is 22.5 Å². The van der Waals surface area contributed by atoms with Gasteiger partial charge in [-0.25, -0.2) is 4.79 Å². The Morgan fingerprint density at radius 3 is 2.41 bits per heavy atom. The molecule has 0 unspecified atom stereocenters. The van der Waals surface area contributed by atoms with E-state index in [1.807, 2.05) is 32.9 Å². The molecule has 37 heavy (non-hydrogen) atoms. The van der Waals surface area contributed by atoms with Gasteiger partial charge >= 0.3 is 6.09 Å². The maximum absolute atomic E-state index is 12.7. The Hall–Kier alpha value is -2.90. The molecule has 0 aliphatic carbocycles. The molecule has 8 nitrogen and oxygen atoms in total. The number of nitrogens with one attached hydrogen (secondary N) is 1. The van der Waals surface area contributed by atoms with Crippen LogP contribution in [0.25, 0.3) is 11.4 Å². The monoisotopic (exact) mass is 512 g/mol. The van der Waals surface area contributed by atoms with Crippen molar-refractivity contribution in [2.24, 2.45) is 0 Å². The summed E-state index contributed by atoms with van der Waals surface area (Å²) >= 11 is 0. The molecule has 3 rings (SSSR count). The van der Waals surface area contributed by atoms with Gasteiger partial charge < -0.3 is 14.6 Å². The van der Waals surface area contributed by atoms with Gasteiger partial charge in [0.15, 0.2) is 0 Å². The summed E-state index contributed by atoms with van der Waals surface area (Å²) in [4.78, 5) is 31.1. The van der Waals surface area contributed by atoms with Crippen LogP contribution in [-0.4, -0.2) is 45.2 Å². The van der Waals surface area contributed by atoms with E-state index in [2.05, 4.69) is 34.5 Å². The van der Waals surface area contributed by atoms with Crippen molar-refractivity contribution >= 4 is 12.0 Å². The van der Waals surface area contributed by atoms with E-state index in [1.54, 1.807) is 0 Å². The summed E-state index contributed by atoms with van der Waals surface area (Å²) in [5.41, 5.74) is 1.59. The molecule has 2 amide bonds. The van der Waals surface area contributed by atoms with Gasteiger partial charge in [-0.1, -0.05) is 81.3 Å². The van der Waals surface area contributed by atoms with Crippen LogP contribution >= 0.6 is 0 Å². The largest absolute Gasteiger partial charge is 0.444 e. The molecule has 1 saturated heterocycles. The molecule has 0 saturated carbocycles. The Bertz CT molecular complexity index is 981. The van der Waals surface area contributed by atoms with E-state index in [0.29, 0.717) is 24.7 Å². The van der Waals surface area contributed by atoms with Crippen molar-refractivity contribution in [1.29, 1.82) is 0 Å². The molecular weight excluding hydrogens is 468 g/mol. The van der Waals surface area contributed by atoms with E-state index in [4.69, 9.17) is 9.26 Å². The summed E-state index contributed by atoms with van der Waals surface area (Å²) in [5, 5.41) is 6.90. The van der Waals surface area contributed by atoms with Crippen LogP contribution in [0.15, 0.2) is 28.8 Å². The molecule has 1 aliphatic heterocycles. The molecule has 0 spiro atoms. The Kier molecular flexibility index (Phi) is 11.0. The Morgan fingerprint density at radius 1 is 1.05 bits per heavy atom. The first-order chi connectivity index (χ1) is 17.8. The molecular formula is C29H44N4O4. The third kappa shape index (κ3) is 9.48. The highest BCUT2D eigenvalue weighted by Gasteiger charge is 2.36. The van der Waals surface area contributed by atoms with Crippen molar-refractivity contribution in [2.75, 3.05) is 6.54 Å². The van der Waals surface area contributed by atoms with Crippen molar-refractivity contribution in [3.63, 3.8) is 0 Å². The van der Waals surface area contributed by atoms with Gasteiger partial charge in [0, 0.05) is 12.1 Å². The Morgan fingerprint density at radius 2 is 1.73 bits per heavy atom. The van der Waals surface area contributed by atoms with E-state index < -0.39 is 17.7 Å². The minimum Gasteiger partial charge on any atom is -0.444 e. The lowest BCUT2D eigenvalue weighted by Crippen LogP contribution is -2.47. The zero-order valence-corrected chi connectivity index (χ0v) is 23.1. The first kappa shape index (κ1) is 28.7. The number of likely N-dealkylation sites (tertiary alicyclic amines) is 1. The van der Waals surface area contributed by atoms with Gasteiger partial charge in [-0.05, 0) is 52.0 Å². The number of unbranched alkanes of at least 4 members (excludes halogenated alkanes) is 7. The lowest BCUT2D eigenvalue weighted by atomic mass is 10.0. The molecule has 1 aliphatic rings. The molecule has 1 atom stereocenters. The number of hydrogen-bond donors (Lipinski definition) is 1.